The van der Waals surface area contributed by atoms with E-state index in [1.165, 1.54) is 11.3 Å². The molecule has 1 fully saturated rings. The molecular weight excluding hydrogens is 324 g/mol. The van der Waals surface area contributed by atoms with E-state index in [9.17, 15) is 4.79 Å². The number of thiophene rings is 1. The second-order valence-electron chi connectivity index (χ2n) is 6.44. The molecule has 0 bridgehead atoms. The highest BCUT2D eigenvalue weighted by molar-refractivity contribution is 7.07. The van der Waals surface area contributed by atoms with E-state index in [0.717, 1.165) is 19.6 Å². The molecule has 4 heterocycles. The molecule has 7 heteroatoms. The van der Waals surface area contributed by atoms with E-state index in [-0.39, 0.29) is 11.8 Å². The number of ether oxygens (including phenoxy) is 1. The Morgan fingerprint density at radius 2 is 2.17 bits per heavy atom. The number of fused-ring (bicyclic) bond motifs is 1. The van der Waals surface area contributed by atoms with Gasteiger partial charge in [-0.3, -0.25) is 14.4 Å². The third-order valence-corrected chi connectivity index (χ3v) is 5.45. The second-order valence-corrected chi connectivity index (χ2v) is 7.22. The van der Waals surface area contributed by atoms with Crippen LogP contribution in [0.4, 0.5) is 0 Å². The van der Waals surface area contributed by atoms with E-state index >= 15 is 0 Å². The molecule has 24 heavy (non-hydrogen) atoms. The zero-order valence-electron chi connectivity index (χ0n) is 13.6. The molecule has 0 aromatic carbocycles. The lowest BCUT2D eigenvalue weighted by Crippen LogP contribution is -2.46. The Labute approximate surface area is 145 Å². The SMILES string of the molecule is O=C([C@@H]1CN(Cc2ccsc2)Cc2ccnn2C1)N1CCOCC1. The van der Waals surface area contributed by atoms with Crippen LogP contribution >= 0.6 is 11.3 Å². The molecule has 6 nitrogen and oxygen atoms in total. The Morgan fingerprint density at radius 3 is 2.96 bits per heavy atom. The Balaban J connectivity index is 1.53. The van der Waals surface area contributed by atoms with Crippen molar-refractivity contribution < 1.29 is 9.53 Å². The van der Waals surface area contributed by atoms with Crippen LogP contribution in [0.15, 0.2) is 29.1 Å². The smallest absolute Gasteiger partial charge is 0.229 e. The zero-order chi connectivity index (χ0) is 16.4. The van der Waals surface area contributed by atoms with Gasteiger partial charge in [-0.15, -0.1) is 0 Å². The van der Waals surface area contributed by atoms with Gasteiger partial charge in [0.15, 0.2) is 0 Å². The number of hydrogen-bond acceptors (Lipinski definition) is 5. The number of hydrogen-bond donors (Lipinski definition) is 0. The average molecular weight is 346 g/mol. The van der Waals surface area contributed by atoms with E-state index in [4.69, 9.17) is 4.74 Å². The van der Waals surface area contributed by atoms with Crippen molar-refractivity contribution in [2.24, 2.45) is 5.92 Å². The standard InChI is InChI=1S/C17H22N4O2S/c22-17(20-4-6-23-7-5-20)15-10-19(9-14-2-8-24-13-14)12-16-1-3-18-21(16)11-15/h1-3,8,13,15H,4-7,9-12H2/t15-/m1/s1. The molecule has 1 atom stereocenters. The van der Waals surface area contributed by atoms with E-state index in [1.54, 1.807) is 11.3 Å². The van der Waals surface area contributed by atoms with Gasteiger partial charge in [0, 0.05) is 38.9 Å². The third kappa shape index (κ3) is 3.38. The third-order valence-electron chi connectivity index (χ3n) is 4.72. The first kappa shape index (κ1) is 15.8. The van der Waals surface area contributed by atoms with Gasteiger partial charge in [0.25, 0.3) is 0 Å². The maximum atomic E-state index is 13.0. The zero-order valence-corrected chi connectivity index (χ0v) is 14.5. The molecule has 1 saturated heterocycles. The van der Waals surface area contributed by atoms with Crippen LogP contribution in [-0.4, -0.2) is 58.3 Å². The summed E-state index contributed by atoms with van der Waals surface area (Å²) in [6, 6.07) is 4.22. The van der Waals surface area contributed by atoms with Crippen LogP contribution in [-0.2, 0) is 29.2 Å². The van der Waals surface area contributed by atoms with Crippen LogP contribution < -0.4 is 0 Å². The normalized spacial score (nSPS) is 22.2. The van der Waals surface area contributed by atoms with Gasteiger partial charge in [0.1, 0.15) is 0 Å². The minimum absolute atomic E-state index is 0.0529. The Kier molecular flexibility index (Phi) is 4.64. The van der Waals surface area contributed by atoms with E-state index in [0.29, 0.717) is 32.8 Å². The summed E-state index contributed by atoms with van der Waals surface area (Å²) >= 11 is 1.72. The lowest BCUT2D eigenvalue weighted by molar-refractivity contribution is -0.140. The predicted octanol–water partition coefficient (Wildman–Crippen LogP) is 1.44. The molecule has 0 radical (unpaired) electrons. The Hall–Kier alpha value is -1.70. The minimum Gasteiger partial charge on any atom is -0.378 e. The summed E-state index contributed by atoms with van der Waals surface area (Å²) in [5.41, 5.74) is 2.49. The van der Waals surface area contributed by atoms with Gasteiger partial charge in [-0.2, -0.15) is 16.4 Å². The largest absolute Gasteiger partial charge is 0.378 e. The van der Waals surface area contributed by atoms with Gasteiger partial charge < -0.3 is 9.64 Å². The van der Waals surface area contributed by atoms with Crippen LogP contribution in [0.1, 0.15) is 11.3 Å². The molecule has 2 aromatic heterocycles. The molecule has 0 unspecified atom stereocenters. The number of carbonyl (C=O) groups is 1. The van der Waals surface area contributed by atoms with E-state index in [2.05, 4.69) is 32.9 Å². The summed E-state index contributed by atoms with van der Waals surface area (Å²) in [5.74, 6) is 0.180. The van der Waals surface area contributed by atoms with E-state index < -0.39 is 0 Å². The number of amides is 1. The highest BCUT2D eigenvalue weighted by atomic mass is 32.1. The number of aromatic nitrogens is 2. The van der Waals surface area contributed by atoms with Crippen LogP contribution in [0.5, 0.6) is 0 Å². The first-order valence-electron chi connectivity index (χ1n) is 8.40. The van der Waals surface area contributed by atoms with Gasteiger partial charge >= 0.3 is 0 Å². The first-order valence-corrected chi connectivity index (χ1v) is 9.34. The fourth-order valence-electron chi connectivity index (χ4n) is 3.49. The lowest BCUT2D eigenvalue weighted by Gasteiger charge is -2.31. The summed E-state index contributed by atoms with van der Waals surface area (Å²) in [6.45, 7) is 5.84. The number of carbonyl (C=O) groups excluding carboxylic acids is 1. The van der Waals surface area contributed by atoms with Crippen molar-refractivity contribution in [1.29, 1.82) is 0 Å². The maximum Gasteiger partial charge on any atom is 0.229 e. The average Bonchev–Trinajstić information content (AvgIpc) is 3.24. The predicted molar refractivity (Wildman–Crippen MR) is 91.5 cm³/mol. The minimum atomic E-state index is -0.0529. The number of morpholine rings is 1. The molecule has 0 N–H and O–H groups in total. The Morgan fingerprint density at radius 1 is 1.29 bits per heavy atom. The molecule has 128 valence electrons. The van der Waals surface area contributed by atoms with Gasteiger partial charge in [0.2, 0.25) is 5.91 Å². The molecule has 0 spiro atoms. The summed E-state index contributed by atoms with van der Waals surface area (Å²) in [7, 11) is 0. The van der Waals surface area contributed by atoms with Crippen molar-refractivity contribution >= 4 is 17.2 Å². The van der Waals surface area contributed by atoms with Gasteiger partial charge in [-0.1, -0.05) is 0 Å². The molecule has 2 aromatic rings. The van der Waals surface area contributed by atoms with Crippen molar-refractivity contribution in [1.82, 2.24) is 19.6 Å². The number of rotatable bonds is 3. The van der Waals surface area contributed by atoms with Crippen molar-refractivity contribution in [2.45, 2.75) is 19.6 Å². The molecule has 2 aliphatic heterocycles. The number of nitrogens with zero attached hydrogens (tertiary/aromatic N) is 4. The quantitative estimate of drug-likeness (QED) is 0.844. The Bertz CT molecular complexity index is 679. The molecule has 0 aliphatic carbocycles. The van der Waals surface area contributed by atoms with Crippen LogP contribution in [0.3, 0.4) is 0 Å². The summed E-state index contributed by atoms with van der Waals surface area (Å²) in [6.07, 6.45) is 1.83. The maximum absolute atomic E-state index is 13.0. The van der Waals surface area contributed by atoms with Gasteiger partial charge in [-0.05, 0) is 28.5 Å². The van der Waals surface area contributed by atoms with Gasteiger partial charge in [0.05, 0.1) is 31.4 Å². The topological polar surface area (TPSA) is 50.6 Å². The van der Waals surface area contributed by atoms with Gasteiger partial charge in [-0.25, -0.2) is 0 Å². The fraction of sp³-hybridized carbons (Fsp3) is 0.529. The summed E-state index contributed by atoms with van der Waals surface area (Å²) in [4.78, 5) is 17.3. The van der Waals surface area contributed by atoms with Crippen LogP contribution in [0.2, 0.25) is 0 Å². The lowest BCUT2D eigenvalue weighted by atomic mass is 10.1. The molecule has 2 aliphatic rings. The summed E-state index contributed by atoms with van der Waals surface area (Å²) in [5, 5.41) is 8.71. The molecule has 0 saturated carbocycles. The molecule has 4 rings (SSSR count). The van der Waals surface area contributed by atoms with Crippen LogP contribution in [0.25, 0.3) is 0 Å². The van der Waals surface area contributed by atoms with Crippen molar-refractivity contribution in [3.8, 4) is 0 Å². The monoisotopic (exact) mass is 346 g/mol. The fourth-order valence-corrected chi connectivity index (χ4v) is 4.15. The van der Waals surface area contributed by atoms with Crippen LogP contribution in [0, 0.1) is 5.92 Å². The molecule has 1 amide bonds. The van der Waals surface area contributed by atoms with Crippen molar-refractivity contribution in [3.63, 3.8) is 0 Å². The van der Waals surface area contributed by atoms with Crippen molar-refractivity contribution in [2.75, 3.05) is 32.8 Å². The summed E-state index contributed by atoms with van der Waals surface area (Å²) < 4.78 is 7.37. The van der Waals surface area contributed by atoms with E-state index in [1.807, 2.05) is 15.8 Å². The highest BCUT2D eigenvalue weighted by Gasteiger charge is 2.31. The first-order chi connectivity index (χ1) is 11.8. The molecular formula is C17H22N4O2S. The van der Waals surface area contributed by atoms with Crippen molar-refractivity contribution in [3.05, 3.63) is 40.3 Å². The highest BCUT2D eigenvalue weighted by Crippen LogP contribution is 2.21. The second kappa shape index (κ2) is 7.04.